The molecule has 1 N–H and O–H groups in total. The van der Waals surface area contributed by atoms with Crippen LogP contribution in [0.3, 0.4) is 0 Å². The molecule has 0 saturated heterocycles. The molecule has 2 heterocycles. The molecule has 7 nitrogen and oxygen atoms in total. The normalized spacial score (nSPS) is 11.7. The maximum atomic E-state index is 12.2. The maximum Gasteiger partial charge on any atom is 0.307 e. The van der Waals surface area contributed by atoms with Crippen LogP contribution in [0.4, 0.5) is 0 Å². The van der Waals surface area contributed by atoms with Gasteiger partial charge in [-0.3, -0.25) is 14.4 Å². The molecule has 2 aromatic rings. The van der Waals surface area contributed by atoms with Crippen LogP contribution in [0.1, 0.15) is 27.8 Å². The zero-order valence-corrected chi connectivity index (χ0v) is 12.9. The first kappa shape index (κ1) is 15.9. The summed E-state index contributed by atoms with van der Waals surface area (Å²) in [5.41, 5.74) is -0.200. The molecule has 0 saturated carbocycles. The third kappa shape index (κ3) is 3.79. The van der Waals surface area contributed by atoms with Crippen molar-refractivity contribution in [2.24, 2.45) is 7.05 Å². The van der Waals surface area contributed by atoms with Gasteiger partial charge in [0.25, 0.3) is 11.5 Å². The number of rotatable bonds is 5. The van der Waals surface area contributed by atoms with Crippen molar-refractivity contribution in [3.8, 4) is 0 Å². The number of amides is 1. The second kappa shape index (κ2) is 6.99. The molecule has 8 heteroatoms. The smallest absolute Gasteiger partial charge is 0.307 e. The Morgan fingerprint density at radius 2 is 2.18 bits per heavy atom. The average molecular weight is 321 g/mol. The van der Waals surface area contributed by atoms with Gasteiger partial charge in [-0.1, -0.05) is 6.07 Å². The monoisotopic (exact) mass is 321 g/mol. The number of methoxy groups -OCH3 is 1. The van der Waals surface area contributed by atoms with Gasteiger partial charge in [-0.05, 0) is 17.5 Å². The SMILES string of the molecule is COC(=O)CC(NC(=O)c1ccc(=O)n(C)n1)c1cccs1. The molecule has 22 heavy (non-hydrogen) atoms. The van der Waals surface area contributed by atoms with E-state index in [4.69, 9.17) is 0 Å². The lowest BCUT2D eigenvalue weighted by Crippen LogP contribution is -2.32. The summed E-state index contributed by atoms with van der Waals surface area (Å²) in [6, 6.07) is 5.77. The van der Waals surface area contributed by atoms with Crippen molar-refractivity contribution in [3.63, 3.8) is 0 Å². The average Bonchev–Trinajstić information content (AvgIpc) is 3.03. The molecular formula is C14H15N3O4S. The predicted octanol–water partition coefficient (Wildman–Crippen LogP) is 0.876. The lowest BCUT2D eigenvalue weighted by atomic mass is 10.1. The number of ether oxygens (including phenoxy) is 1. The van der Waals surface area contributed by atoms with E-state index in [1.807, 2.05) is 17.5 Å². The van der Waals surface area contributed by atoms with E-state index in [-0.39, 0.29) is 17.7 Å². The van der Waals surface area contributed by atoms with Crippen LogP contribution in [0.2, 0.25) is 0 Å². The number of aryl methyl sites for hydroxylation is 1. The number of thiophene rings is 1. The number of nitrogens with one attached hydrogen (secondary N) is 1. The fourth-order valence-electron chi connectivity index (χ4n) is 1.82. The zero-order chi connectivity index (χ0) is 16.1. The van der Waals surface area contributed by atoms with Crippen LogP contribution in [0, 0.1) is 0 Å². The van der Waals surface area contributed by atoms with E-state index in [9.17, 15) is 14.4 Å². The number of aromatic nitrogens is 2. The van der Waals surface area contributed by atoms with Gasteiger partial charge in [-0.25, -0.2) is 4.68 Å². The van der Waals surface area contributed by atoms with Crippen molar-refractivity contribution in [2.45, 2.75) is 12.5 Å². The summed E-state index contributed by atoms with van der Waals surface area (Å²) in [7, 11) is 2.76. The first-order chi connectivity index (χ1) is 10.5. The molecule has 2 rings (SSSR count). The highest BCUT2D eigenvalue weighted by molar-refractivity contribution is 7.10. The summed E-state index contributed by atoms with van der Waals surface area (Å²) in [5.74, 6) is -0.884. The predicted molar refractivity (Wildman–Crippen MR) is 80.6 cm³/mol. The Labute approximate surface area is 130 Å². The molecule has 0 fully saturated rings. The fourth-order valence-corrected chi connectivity index (χ4v) is 2.60. The highest BCUT2D eigenvalue weighted by Gasteiger charge is 2.21. The molecule has 0 radical (unpaired) electrons. The third-order valence-electron chi connectivity index (χ3n) is 2.98. The van der Waals surface area contributed by atoms with E-state index in [1.54, 1.807) is 0 Å². The third-order valence-corrected chi connectivity index (χ3v) is 3.97. The minimum absolute atomic E-state index is 0.0223. The Kier molecular flexibility index (Phi) is 5.05. The summed E-state index contributed by atoms with van der Waals surface area (Å²) < 4.78 is 5.73. The van der Waals surface area contributed by atoms with Gasteiger partial charge < -0.3 is 10.1 Å². The Balaban J connectivity index is 2.18. The Morgan fingerprint density at radius 1 is 1.41 bits per heavy atom. The standard InChI is InChI=1S/C14H15N3O4S/c1-17-12(18)6-5-9(16-17)14(20)15-10(8-13(19)21-2)11-4-3-7-22-11/h3-7,10H,8H2,1-2H3,(H,15,20). The van der Waals surface area contributed by atoms with E-state index >= 15 is 0 Å². The molecule has 0 aliphatic rings. The number of hydrogen-bond acceptors (Lipinski definition) is 6. The quantitative estimate of drug-likeness (QED) is 0.826. The summed E-state index contributed by atoms with van der Waals surface area (Å²) in [6.45, 7) is 0. The molecule has 0 bridgehead atoms. The molecule has 0 aliphatic heterocycles. The molecular weight excluding hydrogens is 306 g/mol. The van der Waals surface area contributed by atoms with Gasteiger partial charge in [0.1, 0.15) is 5.69 Å². The van der Waals surface area contributed by atoms with Gasteiger partial charge in [0.05, 0.1) is 19.6 Å². The van der Waals surface area contributed by atoms with Crippen LogP contribution in [-0.4, -0.2) is 28.8 Å². The number of hydrogen-bond donors (Lipinski definition) is 1. The molecule has 1 unspecified atom stereocenters. The van der Waals surface area contributed by atoms with Crippen LogP contribution >= 0.6 is 11.3 Å². The number of carbonyl (C=O) groups is 2. The van der Waals surface area contributed by atoms with Gasteiger partial charge in [0.15, 0.2) is 0 Å². The van der Waals surface area contributed by atoms with E-state index in [0.717, 1.165) is 9.56 Å². The van der Waals surface area contributed by atoms with Gasteiger partial charge in [-0.15, -0.1) is 11.3 Å². The van der Waals surface area contributed by atoms with Crippen molar-refractivity contribution < 1.29 is 14.3 Å². The topological polar surface area (TPSA) is 90.3 Å². The minimum Gasteiger partial charge on any atom is -0.469 e. The van der Waals surface area contributed by atoms with Crippen LogP contribution in [-0.2, 0) is 16.6 Å². The highest BCUT2D eigenvalue weighted by Crippen LogP contribution is 2.22. The number of carbonyl (C=O) groups excluding carboxylic acids is 2. The summed E-state index contributed by atoms with van der Waals surface area (Å²) in [5, 5.41) is 8.48. The first-order valence-electron chi connectivity index (χ1n) is 6.46. The maximum absolute atomic E-state index is 12.2. The Hall–Kier alpha value is -2.48. The molecule has 2 aromatic heterocycles. The van der Waals surface area contributed by atoms with Crippen molar-refractivity contribution in [1.29, 1.82) is 0 Å². The Bertz CT molecular complexity index is 724. The van der Waals surface area contributed by atoms with E-state index in [2.05, 4.69) is 15.2 Å². The lowest BCUT2D eigenvalue weighted by molar-refractivity contribution is -0.141. The summed E-state index contributed by atoms with van der Waals surface area (Å²) in [6.07, 6.45) is 0.0223. The van der Waals surface area contributed by atoms with Gasteiger partial charge in [-0.2, -0.15) is 5.10 Å². The van der Waals surface area contributed by atoms with Crippen LogP contribution in [0.25, 0.3) is 0 Å². The van der Waals surface area contributed by atoms with E-state index in [0.29, 0.717) is 0 Å². The molecule has 1 amide bonds. The van der Waals surface area contributed by atoms with Crippen molar-refractivity contribution in [1.82, 2.24) is 15.1 Å². The highest BCUT2D eigenvalue weighted by atomic mass is 32.1. The van der Waals surface area contributed by atoms with Gasteiger partial charge >= 0.3 is 5.97 Å². The number of nitrogens with zero attached hydrogens (tertiary/aromatic N) is 2. The Morgan fingerprint density at radius 3 is 2.77 bits per heavy atom. The minimum atomic E-state index is -0.501. The van der Waals surface area contributed by atoms with Crippen molar-refractivity contribution in [2.75, 3.05) is 7.11 Å². The van der Waals surface area contributed by atoms with Crippen LogP contribution in [0.15, 0.2) is 34.4 Å². The van der Waals surface area contributed by atoms with E-state index in [1.165, 1.54) is 37.6 Å². The first-order valence-corrected chi connectivity index (χ1v) is 7.34. The van der Waals surface area contributed by atoms with Gasteiger partial charge in [0.2, 0.25) is 0 Å². The second-order valence-electron chi connectivity index (χ2n) is 4.50. The van der Waals surface area contributed by atoms with Crippen LogP contribution < -0.4 is 10.9 Å². The second-order valence-corrected chi connectivity index (χ2v) is 5.48. The van der Waals surface area contributed by atoms with Gasteiger partial charge in [0, 0.05) is 18.0 Å². The largest absolute Gasteiger partial charge is 0.469 e. The molecule has 0 aliphatic carbocycles. The lowest BCUT2D eigenvalue weighted by Gasteiger charge is -2.16. The molecule has 116 valence electrons. The number of esters is 1. The summed E-state index contributed by atoms with van der Waals surface area (Å²) in [4.78, 5) is 35.9. The van der Waals surface area contributed by atoms with Crippen molar-refractivity contribution >= 4 is 23.2 Å². The molecule has 0 spiro atoms. The summed E-state index contributed by atoms with van der Waals surface area (Å²) >= 11 is 1.43. The van der Waals surface area contributed by atoms with Crippen LogP contribution in [0.5, 0.6) is 0 Å². The zero-order valence-electron chi connectivity index (χ0n) is 12.1. The molecule has 0 aromatic carbocycles. The fraction of sp³-hybridized carbons (Fsp3) is 0.286. The molecule has 1 atom stereocenters. The van der Waals surface area contributed by atoms with E-state index < -0.39 is 17.9 Å². The van der Waals surface area contributed by atoms with Crippen molar-refractivity contribution in [3.05, 3.63) is 50.6 Å².